The maximum atomic E-state index is 12.4. The molecule has 1 aromatic carbocycles. The molecule has 3 N–H and O–H groups in total. The van der Waals surface area contributed by atoms with Crippen LogP contribution in [0.25, 0.3) is 0 Å². The van der Waals surface area contributed by atoms with Crippen LogP contribution in [0.2, 0.25) is 5.02 Å². The summed E-state index contributed by atoms with van der Waals surface area (Å²) in [6.07, 6.45) is -4.55. The first-order valence-electron chi connectivity index (χ1n) is 3.54. The molecule has 76 valence electrons. The summed E-state index contributed by atoms with van der Waals surface area (Å²) in [6.45, 7) is 0. The Kier molecular flexibility index (Phi) is 2.71. The molecular weight excluding hydrogens is 217 g/mol. The molecule has 0 saturated heterocycles. The molecule has 0 fully saturated rings. The summed E-state index contributed by atoms with van der Waals surface area (Å²) in [5, 5.41) is 6.82. The number of alkyl halides is 3. The van der Waals surface area contributed by atoms with Crippen LogP contribution in [0, 0.1) is 5.41 Å². The van der Waals surface area contributed by atoms with Crippen molar-refractivity contribution in [2.45, 2.75) is 6.18 Å². The molecular formula is C8H6ClF3N2. The maximum absolute atomic E-state index is 12.4. The third-order valence-electron chi connectivity index (χ3n) is 1.59. The first-order chi connectivity index (χ1) is 6.34. The lowest BCUT2D eigenvalue weighted by atomic mass is 10.1. The fourth-order valence-electron chi connectivity index (χ4n) is 1.03. The second-order valence-corrected chi connectivity index (χ2v) is 2.98. The minimum absolute atomic E-state index is 0.174. The van der Waals surface area contributed by atoms with Gasteiger partial charge >= 0.3 is 6.18 Å². The van der Waals surface area contributed by atoms with Crippen molar-refractivity contribution in [3.8, 4) is 0 Å². The van der Waals surface area contributed by atoms with Crippen molar-refractivity contribution in [2.75, 3.05) is 0 Å². The van der Waals surface area contributed by atoms with Gasteiger partial charge in [-0.05, 0) is 12.1 Å². The lowest BCUT2D eigenvalue weighted by Gasteiger charge is -2.12. The van der Waals surface area contributed by atoms with Gasteiger partial charge in [0, 0.05) is 5.56 Å². The van der Waals surface area contributed by atoms with Crippen LogP contribution in [-0.2, 0) is 6.18 Å². The third-order valence-corrected chi connectivity index (χ3v) is 1.90. The van der Waals surface area contributed by atoms with Gasteiger partial charge in [0.05, 0.1) is 10.6 Å². The number of hydrogen-bond donors (Lipinski definition) is 2. The molecule has 0 heterocycles. The summed E-state index contributed by atoms with van der Waals surface area (Å²) < 4.78 is 37.1. The van der Waals surface area contributed by atoms with Gasteiger partial charge in [-0.25, -0.2) is 0 Å². The Balaban J connectivity index is 3.44. The molecule has 6 heteroatoms. The number of nitrogens with one attached hydrogen (secondary N) is 1. The van der Waals surface area contributed by atoms with Gasteiger partial charge in [-0.1, -0.05) is 17.7 Å². The standard InChI is InChI=1S/C8H6ClF3N2/c9-5-3-1-2-4(8(10,11)12)6(5)7(13)14/h1-3H,(H3,13,14). The summed E-state index contributed by atoms with van der Waals surface area (Å²) in [4.78, 5) is 0. The van der Waals surface area contributed by atoms with Gasteiger partial charge in [-0.15, -0.1) is 0 Å². The summed E-state index contributed by atoms with van der Waals surface area (Å²) in [5.41, 5.74) is 3.55. The van der Waals surface area contributed by atoms with E-state index in [2.05, 4.69) is 0 Å². The minimum atomic E-state index is -4.55. The summed E-state index contributed by atoms with van der Waals surface area (Å²) >= 11 is 5.51. The highest BCUT2D eigenvalue weighted by molar-refractivity contribution is 6.34. The van der Waals surface area contributed by atoms with Crippen molar-refractivity contribution in [2.24, 2.45) is 5.73 Å². The minimum Gasteiger partial charge on any atom is -0.384 e. The third kappa shape index (κ3) is 1.98. The number of amidine groups is 1. The van der Waals surface area contributed by atoms with Crippen molar-refractivity contribution in [3.05, 3.63) is 34.3 Å². The summed E-state index contributed by atoms with van der Waals surface area (Å²) in [5.74, 6) is -0.692. The van der Waals surface area contributed by atoms with Crippen molar-refractivity contribution < 1.29 is 13.2 Å². The molecule has 0 amide bonds. The van der Waals surface area contributed by atoms with Gasteiger partial charge in [-0.3, -0.25) is 5.41 Å². The quantitative estimate of drug-likeness (QED) is 0.557. The van der Waals surface area contributed by atoms with Crippen LogP contribution in [0.4, 0.5) is 13.2 Å². The highest BCUT2D eigenvalue weighted by Gasteiger charge is 2.34. The summed E-state index contributed by atoms with van der Waals surface area (Å²) in [7, 11) is 0. The van der Waals surface area contributed by atoms with E-state index in [9.17, 15) is 13.2 Å². The Morgan fingerprint density at radius 1 is 1.36 bits per heavy atom. The van der Waals surface area contributed by atoms with E-state index in [1.54, 1.807) is 0 Å². The van der Waals surface area contributed by atoms with Gasteiger partial charge in [0.15, 0.2) is 0 Å². The van der Waals surface area contributed by atoms with Crippen LogP contribution in [0.15, 0.2) is 18.2 Å². The predicted octanol–water partition coefficient (Wildman–Crippen LogP) is 2.64. The van der Waals surface area contributed by atoms with Crippen LogP contribution in [0.5, 0.6) is 0 Å². The zero-order chi connectivity index (χ0) is 10.9. The van der Waals surface area contributed by atoms with Crippen molar-refractivity contribution in [3.63, 3.8) is 0 Å². The normalized spacial score (nSPS) is 11.4. The van der Waals surface area contributed by atoms with Crippen LogP contribution in [0.1, 0.15) is 11.1 Å². The van der Waals surface area contributed by atoms with Gasteiger partial charge in [0.1, 0.15) is 5.84 Å². The number of nitrogens with two attached hydrogens (primary N) is 1. The SMILES string of the molecule is N=C(N)c1c(Cl)cccc1C(F)(F)F. The number of halogens is 4. The Morgan fingerprint density at radius 2 is 1.93 bits per heavy atom. The lowest BCUT2D eigenvalue weighted by molar-refractivity contribution is -0.137. The molecule has 0 spiro atoms. The fourth-order valence-corrected chi connectivity index (χ4v) is 1.31. The van der Waals surface area contributed by atoms with Crippen molar-refractivity contribution in [1.82, 2.24) is 0 Å². The molecule has 0 radical (unpaired) electrons. The van der Waals surface area contributed by atoms with E-state index in [-0.39, 0.29) is 5.02 Å². The molecule has 0 bridgehead atoms. The Morgan fingerprint density at radius 3 is 2.29 bits per heavy atom. The average molecular weight is 223 g/mol. The van der Waals surface area contributed by atoms with Gasteiger partial charge in [0.25, 0.3) is 0 Å². The van der Waals surface area contributed by atoms with E-state index < -0.39 is 23.1 Å². The maximum Gasteiger partial charge on any atom is 0.417 e. The molecule has 1 rings (SSSR count). The highest BCUT2D eigenvalue weighted by Crippen LogP contribution is 2.34. The number of rotatable bonds is 1. The Hall–Kier alpha value is -1.23. The van der Waals surface area contributed by atoms with E-state index in [0.29, 0.717) is 0 Å². The highest BCUT2D eigenvalue weighted by atomic mass is 35.5. The van der Waals surface area contributed by atoms with Crippen molar-refractivity contribution in [1.29, 1.82) is 5.41 Å². The molecule has 0 saturated carbocycles. The number of nitrogen functional groups attached to an aromatic ring is 1. The monoisotopic (exact) mass is 222 g/mol. The van der Waals surface area contributed by atoms with E-state index in [4.69, 9.17) is 22.7 Å². The Labute approximate surface area is 83.0 Å². The van der Waals surface area contributed by atoms with E-state index in [1.807, 2.05) is 0 Å². The number of benzene rings is 1. The molecule has 0 aliphatic rings. The summed E-state index contributed by atoms with van der Waals surface area (Å²) in [6, 6.07) is 3.26. The molecule has 2 nitrogen and oxygen atoms in total. The first-order valence-corrected chi connectivity index (χ1v) is 3.92. The van der Waals surface area contributed by atoms with Gasteiger partial charge in [0.2, 0.25) is 0 Å². The smallest absolute Gasteiger partial charge is 0.384 e. The second kappa shape index (κ2) is 3.49. The molecule has 0 unspecified atom stereocenters. The molecule has 0 aliphatic carbocycles. The fraction of sp³-hybridized carbons (Fsp3) is 0.125. The van der Waals surface area contributed by atoms with Crippen molar-refractivity contribution >= 4 is 17.4 Å². The van der Waals surface area contributed by atoms with Gasteiger partial charge < -0.3 is 5.73 Å². The Bertz CT molecular complexity index is 373. The van der Waals surface area contributed by atoms with Crippen LogP contribution >= 0.6 is 11.6 Å². The van der Waals surface area contributed by atoms with Gasteiger partial charge in [-0.2, -0.15) is 13.2 Å². The van der Waals surface area contributed by atoms with E-state index in [0.717, 1.165) is 12.1 Å². The van der Waals surface area contributed by atoms with Crippen LogP contribution in [0.3, 0.4) is 0 Å². The topological polar surface area (TPSA) is 49.9 Å². The molecule has 1 aromatic rings. The molecule has 0 aromatic heterocycles. The zero-order valence-electron chi connectivity index (χ0n) is 6.82. The predicted molar refractivity (Wildman–Crippen MR) is 47.5 cm³/mol. The molecule has 0 atom stereocenters. The van der Waals surface area contributed by atoms with E-state index >= 15 is 0 Å². The first kappa shape index (κ1) is 10.8. The lowest BCUT2D eigenvalue weighted by Crippen LogP contribution is -2.19. The second-order valence-electron chi connectivity index (χ2n) is 2.57. The zero-order valence-corrected chi connectivity index (χ0v) is 7.58. The van der Waals surface area contributed by atoms with Crippen LogP contribution in [-0.4, -0.2) is 5.84 Å². The number of hydrogen-bond acceptors (Lipinski definition) is 1. The molecule has 14 heavy (non-hydrogen) atoms. The molecule has 0 aliphatic heterocycles. The van der Waals surface area contributed by atoms with Crippen LogP contribution < -0.4 is 5.73 Å². The average Bonchev–Trinajstić information content (AvgIpc) is 2.01. The van der Waals surface area contributed by atoms with E-state index in [1.165, 1.54) is 6.07 Å². The largest absolute Gasteiger partial charge is 0.417 e.